The van der Waals surface area contributed by atoms with E-state index in [1.54, 1.807) is 13.8 Å². The summed E-state index contributed by atoms with van der Waals surface area (Å²) in [7, 11) is 1.34. The fourth-order valence-electron chi connectivity index (χ4n) is 2.89. The van der Waals surface area contributed by atoms with Crippen molar-refractivity contribution in [3.05, 3.63) is 40.2 Å². The molecule has 0 amide bonds. The average molecular weight is 341 g/mol. The zero-order valence-corrected chi connectivity index (χ0v) is 13.6. The van der Waals surface area contributed by atoms with Crippen LogP contribution in [-0.2, 0) is 15.1 Å². The molecule has 0 fully saturated rings. The predicted molar refractivity (Wildman–Crippen MR) is 80.0 cm³/mol. The van der Waals surface area contributed by atoms with Crippen molar-refractivity contribution in [3.8, 4) is 6.07 Å². The van der Waals surface area contributed by atoms with Crippen molar-refractivity contribution < 1.29 is 18.3 Å². The third-order valence-corrected chi connectivity index (χ3v) is 4.15. The highest BCUT2D eigenvalue weighted by molar-refractivity contribution is 6.30. The van der Waals surface area contributed by atoms with Gasteiger partial charge in [-0.05, 0) is 18.6 Å². The van der Waals surface area contributed by atoms with Crippen LogP contribution in [0.25, 0.3) is 0 Å². The number of ketones is 1. The quantitative estimate of drug-likeness (QED) is 0.835. The lowest BCUT2D eigenvalue weighted by atomic mass is 9.68. The monoisotopic (exact) mass is 340 g/mol. The second-order valence-corrected chi connectivity index (χ2v) is 6.48. The number of halogens is 3. The van der Waals surface area contributed by atoms with Gasteiger partial charge in [0.15, 0.2) is 5.78 Å². The number of rotatable bonds is 3. The standard InChI is InChI=1S/C16H15ClF2N2O2/c1-15(2)8-16(23-3,5-9(6-20)13(15)22)12-11(14(18)19)4-10(17)7-21-12/h4-5,7,14H,8H2,1-3H3. The normalized spacial score (nSPS) is 23.6. The van der Waals surface area contributed by atoms with Crippen molar-refractivity contribution >= 4 is 17.4 Å². The molecular formula is C16H15ClF2N2O2. The molecule has 4 nitrogen and oxygen atoms in total. The lowest BCUT2D eigenvalue weighted by Gasteiger charge is -2.40. The van der Waals surface area contributed by atoms with Gasteiger partial charge in [-0.15, -0.1) is 0 Å². The summed E-state index contributed by atoms with van der Waals surface area (Å²) in [6.07, 6.45) is -0.201. The van der Waals surface area contributed by atoms with Gasteiger partial charge in [-0.3, -0.25) is 9.78 Å². The van der Waals surface area contributed by atoms with E-state index in [0.717, 1.165) is 6.07 Å². The molecule has 0 bridgehead atoms. The molecule has 1 heterocycles. The maximum atomic E-state index is 13.4. The zero-order valence-electron chi connectivity index (χ0n) is 12.9. The summed E-state index contributed by atoms with van der Waals surface area (Å²) < 4.78 is 32.3. The van der Waals surface area contributed by atoms with Crippen molar-refractivity contribution in [2.75, 3.05) is 7.11 Å². The number of hydrogen-bond acceptors (Lipinski definition) is 4. The Balaban J connectivity index is 2.75. The largest absolute Gasteiger partial charge is 0.368 e. The molecule has 0 aromatic carbocycles. The number of nitriles is 1. The van der Waals surface area contributed by atoms with Crippen molar-refractivity contribution in [2.45, 2.75) is 32.3 Å². The number of Topliss-reactive ketones (excluding diaryl/α,β-unsaturated/α-hetero) is 1. The summed E-state index contributed by atoms with van der Waals surface area (Å²) in [5.74, 6) is -0.347. The van der Waals surface area contributed by atoms with Gasteiger partial charge in [-0.1, -0.05) is 25.4 Å². The lowest BCUT2D eigenvalue weighted by Crippen LogP contribution is -2.43. The van der Waals surface area contributed by atoms with Crippen LogP contribution >= 0.6 is 11.6 Å². The summed E-state index contributed by atoms with van der Waals surface area (Å²) in [5, 5.41) is 9.28. The minimum absolute atomic E-state index is 0.0345. The zero-order chi connectivity index (χ0) is 17.4. The number of aromatic nitrogens is 1. The number of allylic oxidation sites excluding steroid dienone is 1. The SMILES string of the molecule is COC1(c2ncc(Cl)cc2C(F)F)C=C(C#N)C(=O)C(C)(C)C1. The number of ether oxygens (including phenoxy) is 1. The van der Waals surface area contributed by atoms with Crippen LogP contribution in [0.15, 0.2) is 23.9 Å². The fourth-order valence-corrected chi connectivity index (χ4v) is 3.06. The van der Waals surface area contributed by atoms with Gasteiger partial charge in [0.05, 0.1) is 16.3 Å². The van der Waals surface area contributed by atoms with Gasteiger partial charge in [0.25, 0.3) is 6.43 Å². The Bertz CT molecular complexity index is 725. The molecule has 2 rings (SSSR count). The molecule has 1 aliphatic carbocycles. The van der Waals surface area contributed by atoms with E-state index < -0.39 is 17.4 Å². The molecule has 1 atom stereocenters. The third kappa shape index (κ3) is 2.99. The number of hydrogen-bond donors (Lipinski definition) is 0. The Labute approximate surface area is 137 Å². The Morgan fingerprint density at radius 1 is 1.48 bits per heavy atom. The van der Waals surface area contributed by atoms with Gasteiger partial charge in [-0.2, -0.15) is 5.26 Å². The van der Waals surface area contributed by atoms with E-state index >= 15 is 0 Å². The number of methoxy groups -OCH3 is 1. The van der Waals surface area contributed by atoms with E-state index in [1.807, 2.05) is 6.07 Å². The summed E-state index contributed by atoms with van der Waals surface area (Å²) in [5.41, 5.74) is -2.87. The topological polar surface area (TPSA) is 63.0 Å². The van der Waals surface area contributed by atoms with Crippen molar-refractivity contribution in [1.29, 1.82) is 5.26 Å². The van der Waals surface area contributed by atoms with Gasteiger partial charge in [0.1, 0.15) is 11.7 Å². The first kappa shape index (κ1) is 17.5. The molecule has 1 aromatic rings. The molecular weight excluding hydrogens is 326 g/mol. The smallest absolute Gasteiger partial charge is 0.265 e. The highest BCUT2D eigenvalue weighted by Gasteiger charge is 2.48. The molecule has 1 aromatic heterocycles. The minimum Gasteiger partial charge on any atom is -0.368 e. The second-order valence-electron chi connectivity index (χ2n) is 6.05. The number of carbonyl (C=O) groups is 1. The summed E-state index contributed by atoms with van der Waals surface area (Å²) >= 11 is 5.77. The van der Waals surface area contributed by atoms with E-state index in [2.05, 4.69) is 4.98 Å². The van der Waals surface area contributed by atoms with Gasteiger partial charge >= 0.3 is 0 Å². The molecule has 0 saturated heterocycles. The van der Waals surface area contributed by atoms with Crippen LogP contribution in [0.3, 0.4) is 0 Å². The van der Waals surface area contributed by atoms with Gasteiger partial charge in [0.2, 0.25) is 0 Å². The van der Waals surface area contributed by atoms with E-state index in [0.29, 0.717) is 0 Å². The minimum atomic E-state index is -2.82. The van der Waals surface area contributed by atoms with Gasteiger partial charge in [0, 0.05) is 24.3 Å². The third-order valence-electron chi connectivity index (χ3n) is 3.95. The van der Waals surface area contributed by atoms with Gasteiger partial charge < -0.3 is 4.74 Å². The molecule has 0 saturated carbocycles. The van der Waals surface area contributed by atoms with E-state index in [9.17, 15) is 18.8 Å². The van der Waals surface area contributed by atoms with Crippen LogP contribution in [0.4, 0.5) is 8.78 Å². The molecule has 1 unspecified atom stereocenters. The molecule has 0 radical (unpaired) electrons. The van der Waals surface area contributed by atoms with Crippen LogP contribution in [0.2, 0.25) is 5.02 Å². The first-order chi connectivity index (χ1) is 10.7. The van der Waals surface area contributed by atoms with Crippen LogP contribution in [0, 0.1) is 16.7 Å². The van der Waals surface area contributed by atoms with Crippen LogP contribution in [0.5, 0.6) is 0 Å². The van der Waals surface area contributed by atoms with Gasteiger partial charge in [-0.25, -0.2) is 8.78 Å². The first-order valence-electron chi connectivity index (χ1n) is 6.84. The molecule has 0 spiro atoms. The average Bonchev–Trinajstić information content (AvgIpc) is 2.49. The van der Waals surface area contributed by atoms with Crippen molar-refractivity contribution in [3.63, 3.8) is 0 Å². The molecule has 1 aliphatic rings. The molecule has 7 heteroatoms. The summed E-state index contributed by atoms with van der Waals surface area (Å²) in [6, 6.07) is 2.94. The molecule has 0 aliphatic heterocycles. The van der Waals surface area contributed by atoms with Crippen LogP contribution in [0.1, 0.15) is 38.0 Å². The Morgan fingerprint density at radius 2 is 2.13 bits per heavy atom. The summed E-state index contributed by atoms with van der Waals surface area (Å²) in [6.45, 7) is 3.29. The molecule has 0 N–H and O–H groups in total. The van der Waals surface area contributed by atoms with E-state index in [1.165, 1.54) is 19.4 Å². The van der Waals surface area contributed by atoms with Crippen LogP contribution in [-0.4, -0.2) is 17.9 Å². The Hall–Kier alpha value is -1.84. The Morgan fingerprint density at radius 3 is 2.65 bits per heavy atom. The Kier molecular flexibility index (Phi) is 4.56. The number of pyridine rings is 1. The number of nitrogens with zero attached hydrogens (tertiary/aromatic N) is 2. The molecule has 122 valence electrons. The number of alkyl halides is 2. The maximum absolute atomic E-state index is 13.4. The van der Waals surface area contributed by atoms with E-state index in [4.69, 9.17) is 16.3 Å². The fraction of sp³-hybridized carbons (Fsp3) is 0.438. The summed E-state index contributed by atoms with van der Waals surface area (Å²) in [4.78, 5) is 16.3. The highest BCUT2D eigenvalue weighted by atomic mass is 35.5. The second kappa shape index (κ2) is 5.99. The van der Waals surface area contributed by atoms with E-state index in [-0.39, 0.29) is 34.1 Å². The van der Waals surface area contributed by atoms with Crippen molar-refractivity contribution in [1.82, 2.24) is 4.98 Å². The lowest BCUT2D eigenvalue weighted by molar-refractivity contribution is -0.128. The maximum Gasteiger partial charge on any atom is 0.265 e. The number of carbonyl (C=O) groups excluding carboxylic acids is 1. The molecule has 23 heavy (non-hydrogen) atoms. The predicted octanol–water partition coefficient (Wildman–Crippen LogP) is 3.96. The first-order valence-corrected chi connectivity index (χ1v) is 7.21. The van der Waals surface area contributed by atoms with Crippen LogP contribution < -0.4 is 0 Å². The van der Waals surface area contributed by atoms with Crippen molar-refractivity contribution in [2.24, 2.45) is 5.41 Å². The highest BCUT2D eigenvalue weighted by Crippen LogP contribution is 2.46.